The summed E-state index contributed by atoms with van der Waals surface area (Å²) >= 11 is 0. The van der Waals surface area contributed by atoms with Crippen LogP contribution in [0.2, 0.25) is 0 Å². The number of piperidine rings is 1. The van der Waals surface area contributed by atoms with E-state index in [1.807, 2.05) is 0 Å². The highest BCUT2D eigenvalue weighted by atomic mass is 16.3. The van der Waals surface area contributed by atoms with Crippen LogP contribution in [0, 0.1) is 23.7 Å². The van der Waals surface area contributed by atoms with Gasteiger partial charge in [0.25, 0.3) is 0 Å². The molecule has 112 valence electrons. The van der Waals surface area contributed by atoms with E-state index in [1.54, 1.807) is 0 Å². The number of hydrogen-bond donors (Lipinski definition) is 1. The molecule has 4 unspecified atom stereocenters. The van der Waals surface area contributed by atoms with E-state index >= 15 is 0 Å². The SMILES string of the molecule is CCCC1CCN(CC2C(C)CC(C)CC2O)CC1. The maximum Gasteiger partial charge on any atom is 0.0585 e. The Morgan fingerprint density at radius 2 is 1.79 bits per heavy atom. The van der Waals surface area contributed by atoms with Gasteiger partial charge in [-0.2, -0.15) is 0 Å². The lowest BCUT2D eigenvalue weighted by Gasteiger charge is -2.41. The molecule has 1 aliphatic carbocycles. The Bertz CT molecular complexity index is 248. The first-order valence-corrected chi connectivity index (χ1v) is 8.50. The highest BCUT2D eigenvalue weighted by Crippen LogP contribution is 2.35. The highest BCUT2D eigenvalue weighted by molar-refractivity contribution is 4.86. The summed E-state index contributed by atoms with van der Waals surface area (Å²) in [5, 5.41) is 10.3. The summed E-state index contributed by atoms with van der Waals surface area (Å²) in [7, 11) is 0. The Morgan fingerprint density at radius 3 is 2.37 bits per heavy atom. The quantitative estimate of drug-likeness (QED) is 0.842. The summed E-state index contributed by atoms with van der Waals surface area (Å²) in [4.78, 5) is 2.62. The first-order valence-electron chi connectivity index (χ1n) is 8.50. The van der Waals surface area contributed by atoms with E-state index in [0.717, 1.165) is 18.9 Å². The van der Waals surface area contributed by atoms with E-state index in [0.29, 0.717) is 17.8 Å². The molecule has 2 rings (SSSR count). The molecular weight excluding hydrogens is 234 g/mol. The van der Waals surface area contributed by atoms with Gasteiger partial charge in [0.1, 0.15) is 0 Å². The van der Waals surface area contributed by atoms with Gasteiger partial charge in [-0.15, -0.1) is 0 Å². The molecule has 0 spiro atoms. The Hall–Kier alpha value is -0.0800. The lowest BCUT2D eigenvalue weighted by Crippen LogP contribution is -2.45. The van der Waals surface area contributed by atoms with Gasteiger partial charge in [-0.3, -0.25) is 0 Å². The van der Waals surface area contributed by atoms with Crippen molar-refractivity contribution >= 4 is 0 Å². The van der Waals surface area contributed by atoms with Crippen molar-refractivity contribution in [3.8, 4) is 0 Å². The van der Waals surface area contributed by atoms with Crippen molar-refractivity contribution in [1.82, 2.24) is 4.90 Å². The summed E-state index contributed by atoms with van der Waals surface area (Å²) in [6.07, 6.45) is 7.75. The fraction of sp³-hybridized carbons (Fsp3) is 1.00. The van der Waals surface area contributed by atoms with Crippen LogP contribution in [0.4, 0.5) is 0 Å². The van der Waals surface area contributed by atoms with Crippen LogP contribution in [0.3, 0.4) is 0 Å². The van der Waals surface area contributed by atoms with Gasteiger partial charge >= 0.3 is 0 Å². The van der Waals surface area contributed by atoms with Crippen LogP contribution in [0.25, 0.3) is 0 Å². The van der Waals surface area contributed by atoms with E-state index in [2.05, 4.69) is 25.7 Å². The Labute approximate surface area is 119 Å². The molecule has 0 bridgehead atoms. The van der Waals surface area contributed by atoms with Crippen LogP contribution in [0.15, 0.2) is 0 Å². The van der Waals surface area contributed by atoms with Crippen LogP contribution in [0.1, 0.15) is 59.3 Å². The maximum atomic E-state index is 10.3. The standard InChI is InChI=1S/C17H33NO/c1-4-5-15-6-8-18(9-7-15)12-16-14(3)10-13(2)11-17(16)19/h13-17,19H,4-12H2,1-3H3. The van der Waals surface area contributed by atoms with Crippen LogP contribution < -0.4 is 0 Å². The molecule has 0 aromatic rings. The minimum atomic E-state index is -0.0629. The molecule has 2 heteroatoms. The highest BCUT2D eigenvalue weighted by Gasteiger charge is 2.34. The monoisotopic (exact) mass is 267 g/mol. The molecule has 2 aliphatic rings. The van der Waals surface area contributed by atoms with Gasteiger partial charge in [-0.1, -0.05) is 33.6 Å². The molecule has 1 N–H and O–H groups in total. The average molecular weight is 267 g/mol. The van der Waals surface area contributed by atoms with Crippen LogP contribution in [-0.4, -0.2) is 35.7 Å². The molecule has 2 fully saturated rings. The first kappa shape index (κ1) is 15.3. The average Bonchev–Trinajstić information content (AvgIpc) is 2.36. The molecule has 1 aliphatic heterocycles. The van der Waals surface area contributed by atoms with Gasteiger partial charge in [0.05, 0.1) is 6.10 Å². The van der Waals surface area contributed by atoms with Crippen molar-refractivity contribution in [3.63, 3.8) is 0 Å². The molecular formula is C17H33NO. The second-order valence-electron chi connectivity index (χ2n) is 7.32. The number of hydrogen-bond acceptors (Lipinski definition) is 2. The minimum absolute atomic E-state index is 0.0629. The lowest BCUT2D eigenvalue weighted by atomic mass is 9.73. The van der Waals surface area contributed by atoms with Gasteiger partial charge in [0.15, 0.2) is 0 Å². The van der Waals surface area contributed by atoms with Gasteiger partial charge in [-0.25, -0.2) is 0 Å². The zero-order chi connectivity index (χ0) is 13.8. The van der Waals surface area contributed by atoms with E-state index < -0.39 is 0 Å². The molecule has 4 atom stereocenters. The van der Waals surface area contributed by atoms with Crippen molar-refractivity contribution in [3.05, 3.63) is 0 Å². The summed E-state index contributed by atoms with van der Waals surface area (Å²) in [6, 6.07) is 0. The molecule has 0 amide bonds. The minimum Gasteiger partial charge on any atom is -0.393 e. The number of nitrogens with zero attached hydrogens (tertiary/aromatic N) is 1. The molecule has 1 saturated heterocycles. The van der Waals surface area contributed by atoms with Gasteiger partial charge in [0, 0.05) is 12.5 Å². The third-order valence-electron chi connectivity index (χ3n) is 5.52. The number of rotatable bonds is 4. The smallest absolute Gasteiger partial charge is 0.0585 e. The van der Waals surface area contributed by atoms with Crippen molar-refractivity contribution in [2.75, 3.05) is 19.6 Å². The number of aliphatic hydroxyl groups is 1. The topological polar surface area (TPSA) is 23.5 Å². The molecule has 1 heterocycles. The molecule has 1 saturated carbocycles. The predicted octanol–water partition coefficient (Wildman–Crippen LogP) is 3.54. The van der Waals surface area contributed by atoms with Crippen molar-refractivity contribution in [1.29, 1.82) is 0 Å². The zero-order valence-corrected chi connectivity index (χ0v) is 13.1. The second kappa shape index (κ2) is 7.08. The normalized spacial score (nSPS) is 38.5. The Morgan fingerprint density at radius 1 is 1.11 bits per heavy atom. The van der Waals surface area contributed by atoms with E-state index in [1.165, 1.54) is 45.2 Å². The summed E-state index contributed by atoms with van der Waals surface area (Å²) in [6.45, 7) is 10.6. The molecule has 0 aromatic heterocycles. The summed E-state index contributed by atoms with van der Waals surface area (Å²) in [5.74, 6) is 2.87. The predicted molar refractivity (Wildman–Crippen MR) is 81.1 cm³/mol. The van der Waals surface area contributed by atoms with Gasteiger partial charge < -0.3 is 10.0 Å². The van der Waals surface area contributed by atoms with E-state index in [-0.39, 0.29) is 6.10 Å². The van der Waals surface area contributed by atoms with Crippen molar-refractivity contribution < 1.29 is 5.11 Å². The third kappa shape index (κ3) is 4.19. The van der Waals surface area contributed by atoms with Crippen molar-refractivity contribution in [2.45, 2.75) is 65.4 Å². The fourth-order valence-electron chi connectivity index (χ4n) is 4.34. The fourth-order valence-corrected chi connectivity index (χ4v) is 4.34. The molecule has 0 aromatic carbocycles. The van der Waals surface area contributed by atoms with E-state index in [4.69, 9.17) is 0 Å². The van der Waals surface area contributed by atoms with Gasteiger partial charge in [0.2, 0.25) is 0 Å². The molecule has 2 nitrogen and oxygen atoms in total. The molecule has 0 radical (unpaired) electrons. The van der Waals surface area contributed by atoms with Crippen molar-refractivity contribution in [2.24, 2.45) is 23.7 Å². The van der Waals surface area contributed by atoms with Crippen LogP contribution in [-0.2, 0) is 0 Å². The van der Waals surface area contributed by atoms with Gasteiger partial charge in [-0.05, 0) is 56.5 Å². The van der Waals surface area contributed by atoms with Crippen LogP contribution >= 0.6 is 0 Å². The first-order chi connectivity index (χ1) is 9.10. The molecule has 19 heavy (non-hydrogen) atoms. The maximum absolute atomic E-state index is 10.3. The summed E-state index contributed by atoms with van der Waals surface area (Å²) < 4.78 is 0. The number of likely N-dealkylation sites (tertiary alicyclic amines) is 1. The zero-order valence-electron chi connectivity index (χ0n) is 13.1. The van der Waals surface area contributed by atoms with Crippen LogP contribution in [0.5, 0.6) is 0 Å². The van der Waals surface area contributed by atoms with E-state index in [9.17, 15) is 5.11 Å². The third-order valence-corrected chi connectivity index (χ3v) is 5.52. The largest absolute Gasteiger partial charge is 0.393 e. The Balaban J connectivity index is 1.78. The summed E-state index contributed by atoms with van der Waals surface area (Å²) in [5.41, 5.74) is 0. The lowest BCUT2D eigenvalue weighted by molar-refractivity contribution is -0.00714. The number of aliphatic hydroxyl groups excluding tert-OH is 1. The Kier molecular flexibility index (Phi) is 5.70. The second-order valence-corrected chi connectivity index (χ2v) is 7.32.